The second kappa shape index (κ2) is 9.15. The molecule has 32 heavy (non-hydrogen) atoms. The maximum Gasteiger partial charge on any atom is 0.261 e. The zero-order valence-electron chi connectivity index (χ0n) is 18.2. The first-order chi connectivity index (χ1) is 15.2. The molecule has 4 rings (SSSR count). The fourth-order valence-corrected chi connectivity index (χ4v) is 6.23. The SMILES string of the molecule is Cc1ccc(NS(=O)(=O)c2ccc3c(c2)NC(=O)[C@H](CC(=O)N2CCCC2)CS3)c(C)c1. The molecule has 2 heterocycles. The quantitative estimate of drug-likeness (QED) is 0.689. The van der Waals surface area contributed by atoms with Crippen molar-refractivity contribution >= 4 is 45.0 Å². The second-order valence-corrected chi connectivity index (χ2v) is 11.1. The van der Waals surface area contributed by atoms with Crippen molar-refractivity contribution < 1.29 is 18.0 Å². The van der Waals surface area contributed by atoms with Crippen LogP contribution in [-0.4, -0.2) is 44.0 Å². The molecule has 0 aliphatic carbocycles. The normalized spacial score (nSPS) is 18.6. The van der Waals surface area contributed by atoms with Gasteiger partial charge in [-0.3, -0.25) is 14.3 Å². The first-order valence-electron chi connectivity index (χ1n) is 10.7. The number of rotatable bonds is 5. The molecule has 170 valence electrons. The number of benzene rings is 2. The van der Waals surface area contributed by atoms with Gasteiger partial charge >= 0.3 is 0 Å². The van der Waals surface area contributed by atoms with Gasteiger partial charge in [0.1, 0.15) is 0 Å². The Morgan fingerprint density at radius 3 is 2.62 bits per heavy atom. The number of carbonyl (C=O) groups is 2. The number of amides is 2. The van der Waals surface area contributed by atoms with Crippen LogP contribution in [0.1, 0.15) is 30.4 Å². The monoisotopic (exact) mass is 473 g/mol. The molecule has 2 amide bonds. The summed E-state index contributed by atoms with van der Waals surface area (Å²) in [6.07, 6.45) is 2.19. The smallest absolute Gasteiger partial charge is 0.261 e. The molecule has 1 atom stereocenters. The van der Waals surface area contributed by atoms with Crippen LogP contribution in [0.25, 0.3) is 0 Å². The van der Waals surface area contributed by atoms with E-state index in [9.17, 15) is 18.0 Å². The van der Waals surface area contributed by atoms with Gasteiger partial charge in [-0.2, -0.15) is 0 Å². The molecule has 0 bridgehead atoms. The lowest BCUT2D eigenvalue weighted by Crippen LogP contribution is -2.33. The third kappa shape index (κ3) is 4.94. The van der Waals surface area contributed by atoms with Gasteiger partial charge in [-0.05, 0) is 56.5 Å². The van der Waals surface area contributed by atoms with E-state index in [4.69, 9.17) is 0 Å². The third-order valence-corrected chi connectivity index (χ3v) is 8.44. The predicted molar refractivity (Wildman–Crippen MR) is 126 cm³/mol. The van der Waals surface area contributed by atoms with Crippen LogP contribution < -0.4 is 10.0 Å². The number of aryl methyl sites for hydroxylation is 2. The molecule has 7 nitrogen and oxygen atoms in total. The van der Waals surface area contributed by atoms with Crippen molar-refractivity contribution in [3.8, 4) is 0 Å². The molecule has 2 aliphatic rings. The first kappa shape index (κ1) is 22.7. The minimum atomic E-state index is -3.83. The Hall–Kier alpha value is -2.52. The van der Waals surface area contributed by atoms with Crippen LogP contribution in [-0.2, 0) is 19.6 Å². The Bertz CT molecular complexity index is 1160. The minimum absolute atomic E-state index is 0.00939. The summed E-state index contributed by atoms with van der Waals surface area (Å²) in [5, 5.41) is 2.84. The number of nitrogens with one attached hydrogen (secondary N) is 2. The Morgan fingerprint density at radius 2 is 1.91 bits per heavy atom. The summed E-state index contributed by atoms with van der Waals surface area (Å²) in [4.78, 5) is 28.0. The molecular weight excluding hydrogens is 446 g/mol. The number of thioether (sulfide) groups is 1. The highest BCUT2D eigenvalue weighted by Crippen LogP contribution is 2.35. The van der Waals surface area contributed by atoms with Gasteiger partial charge in [0.2, 0.25) is 11.8 Å². The van der Waals surface area contributed by atoms with Crippen molar-refractivity contribution in [3.05, 3.63) is 47.5 Å². The summed E-state index contributed by atoms with van der Waals surface area (Å²) in [5.74, 6) is -0.213. The zero-order valence-corrected chi connectivity index (χ0v) is 19.8. The Balaban J connectivity index is 1.50. The van der Waals surface area contributed by atoms with Crippen molar-refractivity contribution in [1.29, 1.82) is 0 Å². The summed E-state index contributed by atoms with van der Waals surface area (Å²) in [7, 11) is -3.83. The average molecular weight is 474 g/mol. The predicted octanol–water partition coefficient (Wildman–Crippen LogP) is 3.78. The second-order valence-electron chi connectivity index (χ2n) is 8.37. The van der Waals surface area contributed by atoms with E-state index >= 15 is 0 Å². The number of fused-ring (bicyclic) bond motifs is 1. The van der Waals surface area contributed by atoms with E-state index in [1.807, 2.05) is 30.9 Å². The van der Waals surface area contributed by atoms with Crippen LogP contribution in [0.3, 0.4) is 0 Å². The highest BCUT2D eigenvalue weighted by molar-refractivity contribution is 7.99. The molecule has 0 unspecified atom stereocenters. The van der Waals surface area contributed by atoms with E-state index in [1.165, 1.54) is 17.8 Å². The number of anilines is 2. The van der Waals surface area contributed by atoms with Gasteiger partial charge in [-0.1, -0.05) is 17.7 Å². The van der Waals surface area contributed by atoms with E-state index in [2.05, 4.69) is 10.0 Å². The molecular formula is C23H27N3O4S2. The van der Waals surface area contributed by atoms with Crippen molar-refractivity contribution in [2.45, 2.75) is 42.9 Å². The van der Waals surface area contributed by atoms with Gasteiger partial charge in [-0.15, -0.1) is 11.8 Å². The number of hydrogen-bond acceptors (Lipinski definition) is 5. The molecule has 2 N–H and O–H groups in total. The summed E-state index contributed by atoms with van der Waals surface area (Å²) in [5.41, 5.74) is 2.86. The van der Waals surface area contributed by atoms with Gasteiger partial charge in [-0.25, -0.2) is 8.42 Å². The van der Waals surface area contributed by atoms with Gasteiger partial charge in [0.25, 0.3) is 10.0 Å². The maximum absolute atomic E-state index is 13.0. The Morgan fingerprint density at radius 1 is 1.16 bits per heavy atom. The van der Waals surface area contributed by atoms with E-state index in [0.29, 0.717) is 17.1 Å². The summed E-state index contributed by atoms with van der Waals surface area (Å²) >= 11 is 1.46. The maximum atomic E-state index is 13.0. The molecule has 2 aromatic rings. The van der Waals surface area contributed by atoms with Gasteiger partial charge < -0.3 is 10.2 Å². The molecule has 0 spiro atoms. The van der Waals surface area contributed by atoms with Crippen molar-refractivity contribution in [2.24, 2.45) is 5.92 Å². The van der Waals surface area contributed by atoms with Gasteiger partial charge in [0.15, 0.2) is 0 Å². The summed E-state index contributed by atoms with van der Waals surface area (Å²) in [6, 6.07) is 10.2. The first-order valence-corrected chi connectivity index (χ1v) is 13.2. The highest BCUT2D eigenvalue weighted by Gasteiger charge is 2.30. The number of nitrogens with zero attached hydrogens (tertiary/aromatic N) is 1. The van der Waals surface area contributed by atoms with Crippen LogP contribution in [0, 0.1) is 19.8 Å². The lowest BCUT2D eigenvalue weighted by Gasteiger charge is -2.18. The Labute approximate surface area is 193 Å². The molecule has 0 saturated carbocycles. The Kier molecular flexibility index (Phi) is 6.48. The number of hydrogen-bond donors (Lipinski definition) is 2. The molecule has 1 saturated heterocycles. The number of carbonyl (C=O) groups excluding carboxylic acids is 2. The fourth-order valence-electron chi connectivity index (χ4n) is 3.99. The van der Waals surface area contributed by atoms with E-state index < -0.39 is 15.9 Å². The number of likely N-dealkylation sites (tertiary alicyclic amines) is 1. The van der Waals surface area contributed by atoms with Crippen LogP contribution in [0.15, 0.2) is 46.2 Å². The molecule has 2 aliphatic heterocycles. The lowest BCUT2D eigenvalue weighted by atomic mass is 10.1. The molecule has 0 radical (unpaired) electrons. The van der Waals surface area contributed by atoms with Crippen molar-refractivity contribution in [2.75, 3.05) is 28.9 Å². The largest absolute Gasteiger partial charge is 0.343 e. The minimum Gasteiger partial charge on any atom is -0.343 e. The summed E-state index contributed by atoms with van der Waals surface area (Å²) in [6.45, 7) is 5.32. The van der Waals surface area contributed by atoms with Crippen LogP contribution in [0.5, 0.6) is 0 Å². The fraction of sp³-hybridized carbons (Fsp3) is 0.391. The lowest BCUT2D eigenvalue weighted by molar-refractivity contribution is -0.133. The highest BCUT2D eigenvalue weighted by atomic mass is 32.2. The molecule has 1 fully saturated rings. The van der Waals surface area contributed by atoms with Crippen LogP contribution in [0.2, 0.25) is 0 Å². The standard InChI is InChI=1S/C23H27N3O4S2/c1-15-5-7-19(16(2)11-15)25-32(29,30)18-6-8-21-20(13-18)24-23(28)17(14-31-21)12-22(27)26-9-3-4-10-26/h5-8,11,13,17,25H,3-4,9-10,12,14H2,1-2H3,(H,24,28)/t17-/m1/s1. The molecule has 0 aromatic heterocycles. The van der Waals surface area contributed by atoms with Gasteiger partial charge in [0, 0.05) is 30.2 Å². The van der Waals surface area contributed by atoms with Crippen molar-refractivity contribution in [1.82, 2.24) is 4.90 Å². The molecule has 9 heteroatoms. The van der Waals surface area contributed by atoms with Crippen molar-refractivity contribution in [3.63, 3.8) is 0 Å². The van der Waals surface area contributed by atoms with Crippen LogP contribution in [0.4, 0.5) is 11.4 Å². The topological polar surface area (TPSA) is 95.6 Å². The third-order valence-electron chi connectivity index (χ3n) is 5.84. The number of sulfonamides is 1. The summed E-state index contributed by atoms with van der Waals surface area (Å²) < 4.78 is 28.6. The van der Waals surface area contributed by atoms with Gasteiger partial charge in [0.05, 0.1) is 22.2 Å². The zero-order chi connectivity index (χ0) is 22.9. The van der Waals surface area contributed by atoms with E-state index in [-0.39, 0.29) is 23.1 Å². The molecule has 2 aromatic carbocycles. The van der Waals surface area contributed by atoms with Crippen LogP contribution >= 0.6 is 11.8 Å². The van der Waals surface area contributed by atoms with E-state index in [0.717, 1.165) is 42.0 Å². The average Bonchev–Trinajstić information content (AvgIpc) is 3.23. The van der Waals surface area contributed by atoms with E-state index in [1.54, 1.807) is 18.2 Å².